The highest BCUT2D eigenvalue weighted by Crippen LogP contribution is 2.29. The fourth-order valence-electron chi connectivity index (χ4n) is 3.42. The molecule has 0 aromatic heterocycles. The van der Waals surface area contributed by atoms with E-state index in [0.717, 1.165) is 35.3 Å². The van der Waals surface area contributed by atoms with Gasteiger partial charge in [0, 0.05) is 30.8 Å². The molecule has 1 aromatic carbocycles. The van der Waals surface area contributed by atoms with E-state index in [2.05, 4.69) is 23.2 Å². The molecule has 1 saturated carbocycles. The SMILES string of the molecule is CCCCCNC(=S)N(Cc1ccc(OC)cc1OC)C1CCCC1. The van der Waals surface area contributed by atoms with E-state index in [4.69, 9.17) is 21.7 Å². The van der Waals surface area contributed by atoms with E-state index < -0.39 is 0 Å². The summed E-state index contributed by atoms with van der Waals surface area (Å²) in [6.07, 6.45) is 8.65. The molecule has 4 nitrogen and oxygen atoms in total. The molecule has 0 unspecified atom stereocenters. The normalized spacial score (nSPS) is 14.4. The van der Waals surface area contributed by atoms with Crippen LogP contribution in [0, 0.1) is 0 Å². The summed E-state index contributed by atoms with van der Waals surface area (Å²) in [7, 11) is 3.38. The fourth-order valence-corrected chi connectivity index (χ4v) is 3.74. The van der Waals surface area contributed by atoms with Gasteiger partial charge in [0.05, 0.1) is 14.2 Å². The van der Waals surface area contributed by atoms with Crippen LogP contribution in [0.5, 0.6) is 11.5 Å². The number of nitrogens with zero attached hydrogens (tertiary/aromatic N) is 1. The van der Waals surface area contributed by atoms with Gasteiger partial charge in [-0.15, -0.1) is 0 Å². The molecule has 0 bridgehead atoms. The van der Waals surface area contributed by atoms with E-state index in [9.17, 15) is 0 Å². The number of methoxy groups -OCH3 is 2. The molecular formula is C20H32N2O2S. The van der Waals surface area contributed by atoms with E-state index >= 15 is 0 Å². The first-order chi connectivity index (χ1) is 12.2. The van der Waals surface area contributed by atoms with Crippen molar-refractivity contribution < 1.29 is 9.47 Å². The predicted molar refractivity (Wildman–Crippen MR) is 107 cm³/mol. The molecule has 1 aliphatic carbocycles. The predicted octanol–water partition coefficient (Wildman–Crippen LogP) is 4.51. The Morgan fingerprint density at radius 2 is 1.96 bits per heavy atom. The van der Waals surface area contributed by atoms with Crippen molar-refractivity contribution in [2.45, 2.75) is 64.5 Å². The molecule has 0 saturated heterocycles. The number of benzene rings is 1. The van der Waals surface area contributed by atoms with E-state index in [-0.39, 0.29) is 0 Å². The van der Waals surface area contributed by atoms with Crippen molar-refractivity contribution >= 4 is 17.3 Å². The van der Waals surface area contributed by atoms with Crippen LogP contribution in [0.2, 0.25) is 0 Å². The van der Waals surface area contributed by atoms with Crippen LogP contribution in [0.1, 0.15) is 57.4 Å². The zero-order valence-corrected chi connectivity index (χ0v) is 16.7. The van der Waals surface area contributed by atoms with Gasteiger partial charge in [0.1, 0.15) is 11.5 Å². The van der Waals surface area contributed by atoms with E-state index in [0.29, 0.717) is 6.04 Å². The van der Waals surface area contributed by atoms with Gasteiger partial charge in [-0.1, -0.05) is 32.6 Å². The number of thiocarbonyl (C=S) groups is 1. The minimum absolute atomic E-state index is 0.526. The lowest BCUT2D eigenvalue weighted by molar-refractivity contribution is 0.296. The summed E-state index contributed by atoms with van der Waals surface area (Å²) >= 11 is 5.74. The van der Waals surface area contributed by atoms with Crippen molar-refractivity contribution in [3.63, 3.8) is 0 Å². The van der Waals surface area contributed by atoms with Gasteiger partial charge in [-0.3, -0.25) is 0 Å². The van der Waals surface area contributed by atoms with Crippen LogP contribution in [0.25, 0.3) is 0 Å². The van der Waals surface area contributed by atoms with Crippen LogP contribution in [0.4, 0.5) is 0 Å². The summed E-state index contributed by atoms with van der Waals surface area (Å²) in [6.45, 7) is 3.95. The van der Waals surface area contributed by atoms with Crippen LogP contribution < -0.4 is 14.8 Å². The lowest BCUT2D eigenvalue weighted by atomic mass is 10.1. The fraction of sp³-hybridized carbons (Fsp3) is 0.650. The molecule has 2 rings (SSSR count). The first kappa shape index (κ1) is 19.8. The van der Waals surface area contributed by atoms with E-state index in [1.807, 2.05) is 12.1 Å². The number of hydrogen-bond acceptors (Lipinski definition) is 3. The first-order valence-electron chi connectivity index (χ1n) is 9.45. The topological polar surface area (TPSA) is 33.7 Å². The molecule has 5 heteroatoms. The molecular weight excluding hydrogens is 332 g/mol. The van der Waals surface area contributed by atoms with E-state index in [1.54, 1.807) is 14.2 Å². The number of nitrogens with one attached hydrogen (secondary N) is 1. The summed E-state index contributed by atoms with van der Waals surface area (Å²) < 4.78 is 10.9. The van der Waals surface area contributed by atoms with Gasteiger partial charge in [-0.25, -0.2) is 0 Å². The van der Waals surface area contributed by atoms with Gasteiger partial charge in [0.15, 0.2) is 5.11 Å². The third-order valence-corrected chi connectivity index (χ3v) is 5.30. The number of unbranched alkanes of at least 4 members (excludes halogenated alkanes) is 2. The van der Waals surface area contributed by atoms with Crippen molar-refractivity contribution in [3.05, 3.63) is 23.8 Å². The summed E-state index contributed by atoms with van der Waals surface area (Å²) in [5, 5.41) is 4.34. The van der Waals surface area contributed by atoms with E-state index in [1.165, 1.54) is 44.9 Å². The molecule has 0 amide bonds. The second-order valence-corrected chi connectivity index (χ2v) is 7.07. The van der Waals surface area contributed by atoms with Crippen molar-refractivity contribution in [2.24, 2.45) is 0 Å². The Hall–Kier alpha value is -1.49. The molecule has 1 N–H and O–H groups in total. The van der Waals surface area contributed by atoms with Crippen molar-refractivity contribution in [1.29, 1.82) is 0 Å². The zero-order chi connectivity index (χ0) is 18.1. The minimum Gasteiger partial charge on any atom is -0.497 e. The summed E-state index contributed by atoms with van der Waals surface area (Å²) in [6, 6.07) is 6.54. The number of rotatable bonds is 9. The van der Waals surface area contributed by atoms with Gasteiger partial charge in [-0.2, -0.15) is 0 Å². The average molecular weight is 365 g/mol. The Morgan fingerprint density at radius 1 is 1.20 bits per heavy atom. The van der Waals surface area contributed by atoms with Gasteiger partial charge in [0.2, 0.25) is 0 Å². The molecule has 0 radical (unpaired) electrons. The maximum Gasteiger partial charge on any atom is 0.169 e. The molecule has 1 fully saturated rings. The highest BCUT2D eigenvalue weighted by atomic mass is 32.1. The van der Waals surface area contributed by atoms with Crippen molar-refractivity contribution in [3.8, 4) is 11.5 Å². The highest BCUT2D eigenvalue weighted by Gasteiger charge is 2.25. The Balaban J connectivity index is 2.09. The van der Waals surface area contributed by atoms with Gasteiger partial charge >= 0.3 is 0 Å². The second-order valence-electron chi connectivity index (χ2n) is 6.68. The summed E-state index contributed by atoms with van der Waals surface area (Å²) in [5.41, 5.74) is 1.15. The third-order valence-electron chi connectivity index (χ3n) is 4.92. The smallest absolute Gasteiger partial charge is 0.169 e. The monoisotopic (exact) mass is 364 g/mol. The number of hydrogen-bond donors (Lipinski definition) is 1. The maximum atomic E-state index is 5.74. The van der Waals surface area contributed by atoms with Gasteiger partial charge in [0.25, 0.3) is 0 Å². The third kappa shape index (κ3) is 5.77. The van der Waals surface area contributed by atoms with Crippen LogP contribution in [0.3, 0.4) is 0 Å². The molecule has 140 valence electrons. The summed E-state index contributed by atoms with van der Waals surface area (Å²) in [4.78, 5) is 2.36. The molecule has 25 heavy (non-hydrogen) atoms. The van der Waals surface area contributed by atoms with Crippen LogP contribution in [0.15, 0.2) is 18.2 Å². The molecule has 0 spiro atoms. The van der Waals surface area contributed by atoms with Crippen molar-refractivity contribution in [2.75, 3.05) is 20.8 Å². The molecule has 0 aliphatic heterocycles. The summed E-state index contributed by atoms with van der Waals surface area (Å²) in [5.74, 6) is 1.67. The standard InChI is InChI=1S/C20H32N2O2S/c1-4-5-8-13-21-20(25)22(17-9-6-7-10-17)15-16-11-12-18(23-2)14-19(16)24-3/h11-12,14,17H,4-10,13,15H2,1-3H3,(H,21,25). The first-order valence-corrected chi connectivity index (χ1v) is 9.85. The zero-order valence-electron chi connectivity index (χ0n) is 15.8. The van der Waals surface area contributed by atoms with Crippen LogP contribution >= 0.6 is 12.2 Å². The highest BCUT2D eigenvalue weighted by molar-refractivity contribution is 7.80. The molecule has 0 heterocycles. The molecule has 1 aromatic rings. The quantitative estimate of drug-likeness (QED) is 0.515. The Kier molecular flexibility index (Phi) is 8.32. The second kappa shape index (κ2) is 10.5. The Bertz CT molecular complexity index is 544. The molecule has 1 aliphatic rings. The number of ether oxygens (including phenoxy) is 2. The maximum absolute atomic E-state index is 5.74. The van der Waals surface area contributed by atoms with Crippen molar-refractivity contribution in [1.82, 2.24) is 10.2 Å². The van der Waals surface area contributed by atoms with Crippen LogP contribution in [-0.4, -0.2) is 36.8 Å². The van der Waals surface area contributed by atoms with Crippen LogP contribution in [-0.2, 0) is 6.54 Å². The lowest BCUT2D eigenvalue weighted by Gasteiger charge is -2.32. The van der Waals surface area contributed by atoms with Gasteiger partial charge in [-0.05, 0) is 43.6 Å². The Morgan fingerprint density at radius 3 is 2.60 bits per heavy atom. The average Bonchev–Trinajstić information content (AvgIpc) is 3.17. The molecule has 0 atom stereocenters. The largest absolute Gasteiger partial charge is 0.497 e. The van der Waals surface area contributed by atoms with Gasteiger partial charge < -0.3 is 19.7 Å². The Labute approximate surface area is 157 Å². The minimum atomic E-state index is 0.526. The lowest BCUT2D eigenvalue weighted by Crippen LogP contribution is -2.44.